The summed E-state index contributed by atoms with van der Waals surface area (Å²) < 4.78 is 5.74. The standard InChI is InChI=1S/C12H23BrN2O/c1-11-10-16-12(8-13)9-15(11)7-6-14-4-2-3-5-14/h11-12H,2-10H2,1H3. The molecular formula is C12H23BrN2O. The highest BCUT2D eigenvalue weighted by atomic mass is 79.9. The zero-order valence-electron chi connectivity index (χ0n) is 10.2. The van der Waals surface area contributed by atoms with E-state index in [9.17, 15) is 0 Å². The van der Waals surface area contributed by atoms with Gasteiger partial charge in [-0.05, 0) is 32.9 Å². The van der Waals surface area contributed by atoms with Crippen LogP contribution in [0.5, 0.6) is 0 Å². The van der Waals surface area contributed by atoms with E-state index in [1.165, 1.54) is 39.0 Å². The summed E-state index contributed by atoms with van der Waals surface area (Å²) in [6.45, 7) is 9.29. The summed E-state index contributed by atoms with van der Waals surface area (Å²) in [6, 6.07) is 0.581. The lowest BCUT2D eigenvalue weighted by Crippen LogP contribution is -2.50. The molecule has 2 heterocycles. The van der Waals surface area contributed by atoms with E-state index in [-0.39, 0.29) is 0 Å². The van der Waals surface area contributed by atoms with Crippen LogP contribution in [-0.4, -0.2) is 66.6 Å². The fourth-order valence-corrected chi connectivity index (χ4v) is 2.95. The molecule has 16 heavy (non-hydrogen) atoms. The van der Waals surface area contributed by atoms with Crippen LogP contribution in [0, 0.1) is 0 Å². The van der Waals surface area contributed by atoms with E-state index in [1.807, 2.05) is 0 Å². The van der Waals surface area contributed by atoms with Crippen LogP contribution in [0.2, 0.25) is 0 Å². The smallest absolute Gasteiger partial charge is 0.0799 e. The first-order valence-electron chi connectivity index (χ1n) is 6.43. The van der Waals surface area contributed by atoms with E-state index in [0.717, 1.165) is 18.5 Å². The fourth-order valence-electron chi connectivity index (χ4n) is 2.56. The highest BCUT2D eigenvalue weighted by Gasteiger charge is 2.25. The molecule has 2 fully saturated rings. The molecule has 0 aromatic carbocycles. The number of likely N-dealkylation sites (tertiary alicyclic amines) is 1. The SMILES string of the molecule is CC1COC(CBr)CN1CCN1CCCC1. The van der Waals surface area contributed by atoms with Crippen molar-refractivity contribution in [2.24, 2.45) is 0 Å². The van der Waals surface area contributed by atoms with Crippen molar-refractivity contribution in [3.05, 3.63) is 0 Å². The number of rotatable bonds is 4. The average Bonchev–Trinajstić information content (AvgIpc) is 2.81. The zero-order valence-corrected chi connectivity index (χ0v) is 11.8. The van der Waals surface area contributed by atoms with Crippen molar-refractivity contribution in [3.63, 3.8) is 0 Å². The molecule has 94 valence electrons. The minimum Gasteiger partial charge on any atom is -0.374 e. The number of halogens is 1. The average molecular weight is 291 g/mol. The number of nitrogens with zero attached hydrogens (tertiary/aromatic N) is 2. The Kier molecular flexibility index (Phi) is 5.07. The quantitative estimate of drug-likeness (QED) is 0.731. The summed E-state index contributed by atoms with van der Waals surface area (Å²) in [5, 5.41) is 0.958. The predicted molar refractivity (Wildman–Crippen MR) is 70.2 cm³/mol. The maximum atomic E-state index is 5.74. The molecule has 4 heteroatoms. The molecule has 0 spiro atoms. The van der Waals surface area contributed by atoms with E-state index in [2.05, 4.69) is 32.7 Å². The van der Waals surface area contributed by atoms with Crippen LogP contribution >= 0.6 is 15.9 Å². The largest absolute Gasteiger partial charge is 0.374 e. The Labute approximate surface area is 107 Å². The first-order valence-corrected chi connectivity index (χ1v) is 7.55. The summed E-state index contributed by atoms with van der Waals surface area (Å²) >= 11 is 3.51. The molecule has 0 bridgehead atoms. The second-order valence-corrected chi connectivity index (χ2v) is 5.65. The van der Waals surface area contributed by atoms with Gasteiger partial charge in [0.2, 0.25) is 0 Å². The van der Waals surface area contributed by atoms with Crippen LogP contribution in [0.4, 0.5) is 0 Å². The van der Waals surface area contributed by atoms with Gasteiger partial charge in [0.15, 0.2) is 0 Å². The number of hydrogen-bond acceptors (Lipinski definition) is 3. The van der Waals surface area contributed by atoms with Gasteiger partial charge >= 0.3 is 0 Å². The molecule has 0 N–H and O–H groups in total. The molecule has 2 rings (SSSR count). The van der Waals surface area contributed by atoms with Crippen LogP contribution < -0.4 is 0 Å². The highest BCUT2D eigenvalue weighted by molar-refractivity contribution is 9.09. The molecular weight excluding hydrogens is 268 g/mol. The molecule has 0 aliphatic carbocycles. The van der Waals surface area contributed by atoms with E-state index < -0.39 is 0 Å². The molecule has 0 aromatic rings. The minimum absolute atomic E-state index is 0.384. The van der Waals surface area contributed by atoms with Gasteiger partial charge in [0.25, 0.3) is 0 Å². The van der Waals surface area contributed by atoms with Gasteiger partial charge in [0, 0.05) is 31.0 Å². The third kappa shape index (κ3) is 3.42. The molecule has 0 amide bonds. The van der Waals surface area contributed by atoms with Crippen LogP contribution in [-0.2, 0) is 4.74 Å². The van der Waals surface area contributed by atoms with E-state index in [0.29, 0.717) is 12.1 Å². The summed E-state index contributed by atoms with van der Waals surface area (Å²) in [7, 11) is 0. The number of alkyl halides is 1. The molecule has 2 saturated heterocycles. The lowest BCUT2D eigenvalue weighted by Gasteiger charge is -2.38. The molecule has 3 nitrogen and oxygen atoms in total. The summed E-state index contributed by atoms with van der Waals surface area (Å²) in [6.07, 6.45) is 3.17. The Balaban J connectivity index is 1.73. The third-order valence-electron chi connectivity index (χ3n) is 3.71. The van der Waals surface area contributed by atoms with Crippen LogP contribution in [0.1, 0.15) is 19.8 Å². The molecule has 2 unspecified atom stereocenters. The van der Waals surface area contributed by atoms with Crippen molar-refractivity contribution >= 4 is 15.9 Å². The number of ether oxygens (including phenoxy) is 1. The second-order valence-electron chi connectivity index (χ2n) is 5.00. The molecule has 0 saturated carbocycles. The molecule has 0 aromatic heterocycles. The third-order valence-corrected chi connectivity index (χ3v) is 4.43. The van der Waals surface area contributed by atoms with Gasteiger partial charge in [-0.25, -0.2) is 0 Å². The van der Waals surface area contributed by atoms with Gasteiger partial charge in [0.1, 0.15) is 0 Å². The Bertz CT molecular complexity index is 209. The fraction of sp³-hybridized carbons (Fsp3) is 1.00. The molecule has 0 radical (unpaired) electrons. The maximum absolute atomic E-state index is 5.74. The molecule has 2 aliphatic rings. The first kappa shape index (κ1) is 12.8. The van der Waals surface area contributed by atoms with Gasteiger partial charge in [-0.15, -0.1) is 0 Å². The predicted octanol–water partition coefficient (Wildman–Crippen LogP) is 1.57. The zero-order chi connectivity index (χ0) is 11.4. The van der Waals surface area contributed by atoms with E-state index in [1.54, 1.807) is 0 Å². The van der Waals surface area contributed by atoms with Gasteiger partial charge in [-0.2, -0.15) is 0 Å². The van der Waals surface area contributed by atoms with Crippen molar-refractivity contribution in [2.45, 2.75) is 31.9 Å². The summed E-state index contributed by atoms with van der Waals surface area (Å²) in [4.78, 5) is 5.17. The van der Waals surface area contributed by atoms with Crippen molar-refractivity contribution in [1.29, 1.82) is 0 Å². The Morgan fingerprint density at radius 3 is 2.69 bits per heavy atom. The minimum atomic E-state index is 0.384. The van der Waals surface area contributed by atoms with Crippen molar-refractivity contribution in [2.75, 3.05) is 44.7 Å². The van der Waals surface area contributed by atoms with Crippen LogP contribution in [0.15, 0.2) is 0 Å². The van der Waals surface area contributed by atoms with E-state index in [4.69, 9.17) is 4.74 Å². The van der Waals surface area contributed by atoms with Gasteiger partial charge in [-0.3, -0.25) is 4.90 Å². The Morgan fingerprint density at radius 2 is 2.00 bits per heavy atom. The maximum Gasteiger partial charge on any atom is 0.0799 e. The molecule has 2 atom stereocenters. The van der Waals surface area contributed by atoms with Crippen LogP contribution in [0.3, 0.4) is 0 Å². The first-order chi connectivity index (χ1) is 7.79. The van der Waals surface area contributed by atoms with E-state index >= 15 is 0 Å². The normalized spacial score (nSPS) is 33.4. The molecule has 2 aliphatic heterocycles. The Hall–Kier alpha value is 0.360. The lowest BCUT2D eigenvalue weighted by atomic mass is 10.2. The summed E-state index contributed by atoms with van der Waals surface area (Å²) in [5.74, 6) is 0. The topological polar surface area (TPSA) is 15.7 Å². The Morgan fingerprint density at radius 1 is 1.25 bits per heavy atom. The number of hydrogen-bond donors (Lipinski definition) is 0. The van der Waals surface area contributed by atoms with Gasteiger partial charge in [0.05, 0.1) is 12.7 Å². The monoisotopic (exact) mass is 290 g/mol. The van der Waals surface area contributed by atoms with Gasteiger partial charge in [-0.1, -0.05) is 15.9 Å². The highest BCUT2D eigenvalue weighted by Crippen LogP contribution is 2.14. The van der Waals surface area contributed by atoms with Crippen molar-refractivity contribution in [1.82, 2.24) is 9.80 Å². The number of morpholine rings is 1. The van der Waals surface area contributed by atoms with Crippen molar-refractivity contribution in [3.8, 4) is 0 Å². The second kappa shape index (κ2) is 6.34. The summed E-state index contributed by atoms with van der Waals surface area (Å²) in [5.41, 5.74) is 0. The lowest BCUT2D eigenvalue weighted by molar-refractivity contribution is -0.0482. The van der Waals surface area contributed by atoms with Gasteiger partial charge < -0.3 is 9.64 Å². The van der Waals surface area contributed by atoms with Crippen molar-refractivity contribution < 1.29 is 4.74 Å². The van der Waals surface area contributed by atoms with Crippen LogP contribution in [0.25, 0.3) is 0 Å².